The molecule has 1 amide bonds. The molecule has 0 bridgehead atoms. The summed E-state index contributed by atoms with van der Waals surface area (Å²) in [5, 5.41) is 3.26. The van der Waals surface area contributed by atoms with Crippen molar-refractivity contribution < 1.29 is 4.79 Å². The van der Waals surface area contributed by atoms with Crippen LogP contribution in [0.1, 0.15) is 131 Å². The molecular formula is C33H57NO. The van der Waals surface area contributed by atoms with E-state index in [1.807, 2.05) is 0 Å². The molecule has 8 unspecified atom stereocenters. The number of unbranched alkanes of at least 4 members (excludes halogenated alkanes) is 2. The van der Waals surface area contributed by atoms with Crippen LogP contribution < -0.4 is 5.32 Å². The molecule has 2 heteroatoms. The van der Waals surface area contributed by atoms with E-state index in [4.69, 9.17) is 0 Å². The topological polar surface area (TPSA) is 29.1 Å². The Morgan fingerprint density at radius 3 is 2.54 bits per heavy atom. The Kier molecular flexibility index (Phi) is 8.80. The number of rotatable bonds is 10. The quantitative estimate of drug-likeness (QED) is 0.244. The number of fused-ring (bicyclic) bond motifs is 5. The maximum absolute atomic E-state index is 12.9. The summed E-state index contributed by atoms with van der Waals surface area (Å²) in [5.74, 6) is 5.86. The highest BCUT2D eigenvalue weighted by Gasteiger charge is 2.59. The SMILES string of the molecule is CCCCCNC(=O)C1CCC2(C)C(=CCC3C2CCC2(C)C(C(C)CCCC(C)C)CCC32)C1. The molecule has 4 aliphatic carbocycles. The van der Waals surface area contributed by atoms with E-state index >= 15 is 0 Å². The van der Waals surface area contributed by atoms with Gasteiger partial charge in [-0.05, 0) is 104 Å². The number of hydrogen-bond acceptors (Lipinski definition) is 1. The zero-order chi connectivity index (χ0) is 25.2. The predicted octanol–water partition coefficient (Wildman–Crippen LogP) is 8.95. The molecule has 0 aromatic rings. The molecule has 35 heavy (non-hydrogen) atoms. The van der Waals surface area contributed by atoms with Gasteiger partial charge in [-0.25, -0.2) is 0 Å². The largest absolute Gasteiger partial charge is 0.356 e. The molecule has 0 heterocycles. The van der Waals surface area contributed by atoms with Crippen LogP contribution in [0.4, 0.5) is 0 Å². The molecule has 0 aliphatic heterocycles. The van der Waals surface area contributed by atoms with Crippen LogP contribution in [0.25, 0.3) is 0 Å². The first-order chi connectivity index (χ1) is 16.7. The van der Waals surface area contributed by atoms with Gasteiger partial charge in [0.25, 0.3) is 0 Å². The molecule has 8 atom stereocenters. The summed E-state index contributed by atoms with van der Waals surface area (Å²) in [4.78, 5) is 12.9. The van der Waals surface area contributed by atoms with Crippen molar-refractivity contribution in [2.75, 3.05) is 6.54 Å². The zero-order valence-electron chi connectivity index (χ0n) is 24.1. The van der Waals surface area contributed by atoms with Crippen LogP contribution in [0.3, 0.4) is 0 Å². The van der Waals surface area contributed by atoms with E-state index in [2.05, 4.69) is 52.9 Å². The van der Waals surface area contributed by atoms with Gasteiger partial charge in [0.05, 0.1) is 0 Å². The van der Waals surface area contributed by atoms with E-state index in [1.165, 1.54) is 70.6 Å². The number of allylic oxidation sites excluding steroid dienone is 2. The molecule has 3 fully saturated rings. The second kappa shape index (κ2) is 11.3. The van der Waals surface area contributed by atoms with Gasteiger partial charge in [-0.3, -0.25) is 4.79 Å². The van der Waals surface area contributed by atoms with Crippen LogP contribution in [0, 0.1) is 52.3 Å². The maximum Gasteiger partial charge on any atom is 0.223 e. The van der Waals surface area contributed by atoms with E-state index < -0.39 is 0 Å². The van der Waals surface area contributed by atoms with Gasteiger partial charge >= 0.3 is 0 Å². The van der Waals surface area contributed by atoms with Crippen molar-refractivity contribution in [3.8, 4) is 0 Å². The normalized spacial score (nSPS) is 39.4. The number of carbonyl (C=O) groups excluding carboxylic acids is 1. The van der Waals surface area contributed by atoms with Gasteiger partial charge < -0.3 is 5.32 Å². The first-order valence-electron chi connectivity index (χ1n) is 15.7. The summed E-state index contributed by atoms with van der Waals surface area (Å²) in [6.07, 6.45) is 20.9. The lowest BCUT2D eigenvalue weighted by Crippen LogP contribution is -2.51. The van der Waals surface area contributed by atoms with Crippen molar-refractivity contribution in [3.05, 3.63) is 11.6 Å². The number of carbonyl (C=O) groups is 1. The Balaban J connectivity index is 1.40. The third-order valence-electron chi connectivity index (χ3n) is 11.8. The van der Waals surface area contributed by atoms with Gasteiger partial charge in [-0.1, -0.05) is 85.3 Å². The highest BCUT2D eigenvalue weighted by Crippen LogP contribution is 2.67. The molecule has 4 aliphatic rings. The highest BCUT2D eigenvalue weighted by atomic mass is 16.1. The van der Waals surface area contributed by atoms with Gasteiger partial charge in [-0.2, -0.15) is 0 Å². The molecule has 0 spiro atoms. The molecule has 1 N–H and O–H groups in total. The van der Waals surface area contributed by atoms with Gasteiger partial charge in [0.1, 0.15) is 0 Å². The van der Waals surface area contributed by atoms with E-state index in [1.54, 1.807) is 5.57 Å². The average molecular weight is 484 g/mol. The summed E-state index contributed by atoms with van der Waals surface area (Å²) < 4.78 is 0. The van der Waals surface area contributed by atoms with Gasteiger partial charge in [-0.15, -0.1) is 0 Å². The third-order valence-corrected chi connectivity index (χ3v) is 11.8. The van der Waals surface area contributed by atoms with E-state index in [0.717, 1.165) is 61.3 Å². The Bertz CT molecular complexity index is 754. The number of nitrogens with one attached hydrogen (secondary N) is 1. The Hall–Kier alpha value is -0.790. The van der Waals surface area contributed by atoms with Crippen molar-refractivity contribution in [2.45, 2.75) is 131 Å². The fourth-order valence-electron chi connectivity index (χ4n) is 9.64. The monoisotopic (exact) mass is 483 g/mol. The lowest BCUT2D eigenvalue weighted by Gasteiger charge is -2.58. The van der Waals surface area contributed by atoms with Gasteiger partial charge in [0.2, 0.25) is 5.91 Å². The minimum atomic E-state index is 0.212. The van der Waals surface area contributed by atoms with Gasteiger partial charge in [0.15, 0.2) is 0 Å². The average Bonchev–Trinajstić information content (AvgIpc) is 3.18. The molecule has 0 radical (unpaired) electrons. The fraction of sp³-hybridized carbons (Fsp3) is 0.909. The summed E-state index contributed by atoms with van der Waals surface area (Å²) in [6.45, 7) is 15.7. The molecule has 2 nitrogen and oxygen atoms in total. The number of hydrogen-bond donors (Lipinski definition) is 1. The Labute approximate surface area is 217 Å². The van der Waals surface area contributed by atoms with Crippen molar-refractivity contribution >= 4 is 5.91 Å². The molecule has 0 saturated heterocycles. The van der Waals surface area contributed by atoms with Crippen molar-refractivity contribution in [3.63, 3.8) is 0 Å². The van der Waals surface area contributed by atoms with Crippen molar-refractivity contribution in [1.29, 1.82) is 0 Å². The number of amides is 1. The van der Waals surface area contributed by atoms with E-state index in [0.29, 0.717) is 16.7 Å². The zero-order valence-corrected chi connectivity index (χ0v) is 24.1. The summed E-state index contributed by atoms with van der Waals surface area (Å²) in [6, 6.07) is 0. The second-order valence-corrected chi connectivity index (χ2v) is 14.2. The predicted molar refractivity (Wildman–Crippen MR) is 149 cm³/mol. The van der Waals surface area contributed by atoms with Crippen LogP contribution in [-0.4, -0.2) is 12.5 Å². The van der Waals surface area contributed by atoms with E-state index in [-0.39, 0.29) is 5.92 Å². The smallest absolute Gasteiger partial charge is 0.223 e. The van der Waals surface area contributed by atoms with Crippen molar-refractivity contribution in [1.82, 2.24) is 5.32 Å². The summed E-state index contributed by atoms with van der Waals surface area (Å²) in [5.41, 5.74) is 2.57. The summed E-state index contributed by atoms with van der Waals surface area (Å²) >= 11 is 0. The first-order valence-corrected chi connectivity index (χ1v) is 15.7. The molecule has 200 valence electrons. The molecule has 3 saturated carbocycles. The fourth-order valence-corrected chi connectivity index (χ4v) is 9.64. The third kappa shape index (κ3) is 5.43. The van der Waals surface area contributed by atoms with E-state index in [9.17, 15) is 4.79 Å². The van der Waals surface area contributed by atoms with Crippen LogP contribution in [0.2, 0.25) is 0 Å². The Morgan fingerprint density at radius 2 is 1.80 bits per heavy atom. The standard InChI is InChI=1S/C33H57NO/c1-7-8-9-21-34-31(35)25-17-19-32(5)26(22-25)13-14-27-29-16-15-28(24(4)12-10-11-23(2)3)33(29,6)20-18-30(27)32/h13,23-25,27-30H,7-12,14-22H2,1-6H3,(H,34,35). The van der Waals surface area contributed by atoms with Gasteiger partial charge in [0, 0.05) is 12.5 Å². The molecule has 4 rings (SSSR count). The van der Waals surface area contributed by atoms with Crippen LogP contribution >= 0.6 is 0 Å². The van der Waals surface area contributed by atoms with Crippen LogP contribution in [0.15, 0.2) is 11.6 Å². The second-order valence-electron chi connectivity index (χ2n) is 14.2. The molecule has 0 aromatic carbocycles. The van der Waals surface area contributed by atoms with Crippen LogP contribution in [-0.2, 0) is 4.79 Å². The lowest BCUT2D eigenvalue weighted by molar-refractivity contribution is -0.126. The Morgan fingerprint density at radius 1 is 1.00 bits per heavy atom. The first kappa shape index (κ1) is 27.3. The molecule has 0 aromatic heterocycles. The van der Waals surface area contributed by atoms with Crippen molar-refractivity contribution in [2.24, 2.45) is 52.3 Å². The highest BCUT2D eigenvalue weighted by molar-refractivity contribution is 5.79. The lowest BCUT2D eigenvalue weighted by atomic mass is 9.46. The van der Waals surface area contributed by atoms with Crippen LogP contribution in [0.5, 0.6) is 0 Å². The summed E-state index contributed by atoms with van der Waals surface area (Å²) in [7, 11) is 0. The minimum Gasteiger partial charge on any atom is -0.356 e. The molecular weight excluding hydrogens is 426 g/mol. The maximum atomic E-state index is 12.9. The minimum absolute atomic E-state index is 0.212.